The van der Waals surface area contributed by atoms with Crippen molar-refractivity contribution in [3.8, 4) is 5.75 Å². The number of carboxylic acids is 1. The van der Waals surface area contributed by atoms with Crippen molar-refractivity contribution in [2.75, 3.05) is 6.54 Å². The number of ether oxygens (including phenoxy) is 1. The fraction of sp³-hybridized carbons (Fsp3) is 0.450. The molecule has 1 aliphatic heterocycles. The molecule has 1 aliphatic rings. The molecule has 1 amide bonds. The summed E-state index contributed by atoms with van der Waals surface area (Å²) >= 11 is 0. The molecule has 1 N–H and O–H groups in total. The molecule has 1 aromatic carbocycles. The zero-order valence-corrected chi connectivity index (χ0v) is 15.7. The average molecular weight is 373 g/mol. The van der Waals surface area contributed by atoms with Crippen LogP contribution in [0.5, 0.6) is 5.75 Å². The van der Waals surface area contributed by atoms with E-state index in [1.165, 1.54) is 11.0 Å². The van der Waals surface area contributed by atoms with Gasteiger partial charge in [-0.1, -0.05) is 6.92 Å². The van der Waals surface area contributed by atoms with Gasteiger partial charge in [-0.25, -0.2) is 9.59 Å². The highest BCUT2D eigenvalue weighted by atomic mass is 16.5. The zero-order chi connectivity index (χ0) is 19.7. The monoisotopic (exact) mass is 373 g/mol. The Labute approximate surface area is 156 Å². The molecule has 2 aromatic rings. The number of amides is 1. The summed E-state index contributed by atoms with van der Waals surface area (Å²) in [6.07, 6.45) is 0.966. The van der Waals surface area contributed by atoms with E-state index in [0.29, 0.717) is 42.7 Å². The summed E-state index contributed by atoms with van der Waals surface area (Å²) in [5.41, 5.74) is 1.54. The van der Waals surface area contributed by atoms with E-state index < -0.39 is 23.7 Å². The van der Waals surface area contributed by atoms with Crippen molar-refractivity contribution in [1.82, 2.24) is 4.90 Å². The summed E-state index contributed by atoms with van der Waals surface area (Å²) in [7, 11) is 0. The maximum Gasteiger partial charge on any atom is 0.336 e. The molecule has 7 heteroatoms. The van der Waals surface area contributed by atoms with Gasteiger partial charge in [0.05, 0.1) is 0 Å². The number of benzene rings is 1. The number of hydrogen-bond donors (Lipinski definition) is 1. The van der Waals surface area contributed by atoms with Crippen LogP contribution in [-0.2, 0) is 16.0 Å². The van der Waals surface area contributed by atoms with Crippen molar-refractivity contribution >= 4 is 22.8 Å². The van der Waals surface area contributed by atoms with Gasteiger partial charge in [-0.2, -0.15) is 0 Å². The second-order valence-electron chi connectivity index (χ2n) is 6.80. The van der Waals surface area contributed by atoms with Crippen LogP contribution in [0.25, 0.3) is 11.0 Å². The van der Waals surface area contributed by atoms with Crippen LogP contribution in [0.4, 0.5) is 0 Å². The van der Waals surface area contributed by atoms with Crippen LogP contribution in [0.15, 0.2) is 27.4 Å². The van der Waals surface area contributed by atoms with Gasteiger partial charge in [0, 0.05) is 23.6 Å². The largest absolute Gasteiger partial charge is 0.480 e. The molecule has 27 heavy (non-hydrogen) atoms. The minimum absolute atomic E-state index is 0.358. The molecule has 1 fully saturated rings. The molecule has 3 rings (SSSR count). The van der Waals surface area contributed by atoms with Crippen molar-refractivity contribution in [3.63, 3.8) is 0 Å². The minimum atomic E-state index is -0.996. The van der Waals surface area contributed by atoms with Crippen LogP contribution >= 0.6 is 0 Å². The van der Waals surface area contributed by atoms with E-state index in [-0.39, 0.29) is 5.91 Å². The number of carboxylic acid groups (broad SMARTS) is 1. The highest BCUT2D eigenvalue weighted by Crippen LogP contribution is 2.30. The SMILES string of the molecule is CCc1cc(=O)oc2c(C)c(O[C@@H](C)C(=O)N3CCC[C@H]3C(=O)O)ccc12. The lowest BCUT2D eigenvalue weighted by Crippen LogP contribution is -2.46. The molecule has 0 bridgehead atoms. The first-order valence-corrected chi connectivity index (χ1v) is 9.09. The minimum Gasteiger partial charge on any atom is -0.480 e. The van der Waals surface area contributed by atoms with Gasteiger partial charge in [-0.3, -0.25) is 4.79 Å². The Balaban J connectivity index is 1.88. The molecule has 0 radical (unpaired) electrons. The molecule has 7 nitrogen and oxygen atoms in total. The Bertz CT molecular complexity index is 947. The summed E-state index contributed by atoms with van der Waals surface area (Å²) in [4.78, 5) is 37.1. The van der Waals surface area contributed by atoms with Crippen molar-refractivity contribution in [2.45, 2.75) is 52.2 Å². The van der Waals surface area contributed by atoms with Gasteiger partial charge in [0.1, 0.15) is 17.4 Å². The van der Waals surface area contributed by atoms with Gasteiger partial charge in [-0.05, 0) is 50.8 Å². The standard InChI is InChI=1S/C20H23NO6/c1-4-13-10-17(22)27-18-11(2)16(8-7-14(13)18)26-12(3)19(23)21-9-5-6-15(21)20(24)25/h7-8,10,12,15H,4-6,9H2,1-3H3,(H,24,25)/t12-,15-/m0/s1. The Morgan fingerprint density at radius 3 is 2.81 bits per heavy atom. The number of nitrogens with zero attached hydrogens (tertiary/aromatic N) is 1. The fourth-order valence-corrected chi connectivity index (χ4v) is 3.59. The highest BCUT2D eigenvalue weighted by Gasteiger charge is 2.36. The van der Waals surface area contributed by atoms with Gasteiger partial charge in [-0.15, -0.1) is 0 Å². The summed E-state index contributed by atoms with van der Waals surface area (Å²) in [6, 6.07) is 4.24. The molecule has 1 saturated heterocycles. The van der Waals surface area contributed by atoms with E-state index in [1.807, 2.05) is 13.0 Å². The van der Waals surface area contributed by atoms with Crippen molar-refractivity contribution in [1.29, 1.82) is 0 Å². The molecular weight excluding hydrogens is 350 g/mol. The molecule has 0 unspecified atom stereocenters. The molecule has 0 spiro atoms. The maximum atomic E-state index is 12.7. The van der Waals surface area contributed by atoms with Crippen LogP contribution in [0.3, 0.4) is 0 Å². The Morgan fingerprint density at radius 2 is 2.15 bits per heavy atom. The van der Waals surface area contributed by atoms with Gasteiger partial charge < -0.3 is 19.2 Å². The molecule has 2 atom stereocenters. The van der Waals surface area contributed by atoms with E-state index >= 15 is 0 Å². The van der Waals surface area contributed by atoms with Crippen LogP contribution in [-0.4, -0.2) is 40.6 Å². The zero-order valence-electron chi connectivity index (χ0n) is 15.7. The third-order valence-corrected chi connectivity index (χ3v) is 5.05. The number of likely N-dealkylation sites (tertiary alicyclic amines) is 1. The second-order valence-corrected chi connectivity index (χ2v) is 6.80. The second kappa shape index (κ2) is 7.42. The summed E-state index contributed by atoms with van der Waals surface area (Å²) in [6.45, 7) is 5.74. The van der Waals surface area contributed by atoms with Crippen LogP contribution in [0.1, 0.15) is 37.8 Å². The molecule has 144 valence electrons. The number of fused-ring (bicyclic) bond motifs is 1. The average Bonchev–Trinajstić information content (AvgIpc) is 3.13. The lowest BCUT2D eigenvalue weighted by molar-refractivity contribution is -0.150. The van der Waals surface area contributed by atoms with E-state index in [0.717, 1.165) is 10.9 Å². The first-order chi connectivity index (χ1) is 12.8. The molecule has 1 aromatic heterocycles. The summed E-state index contributed by atoms with van der Waals surface area (Å²) in [5.74, 6) is -0.919. The number of carbonyl (C=O) groups is 2. The van der Waals surface area contributed by atoms with Crippen molar-refractivity contribution in [3.05, 3.63) is 39.7 Å². The van der Waals surface area contributed by atoms with Gasteiger partial charge >= 0.3 is 11.6 Å². The van der Waals surface area contributed by atoms with Gasteiger partial charge in [0.15, 0.2) is 6.10 Å². The Morgan fingerprint density at radius 1 is 1.41 bits per heavy atom. The molecule has 0 aliphatic carbocycles. The maximum absolute atomic E-state index is 12.7. The molecule has 0 saturated carbocycles. The van der Waals surface area contributed by atoms with Crippen LogP contribution < -0.4 is 10.4 Å². The Kier molecular flexibility index (Phi) is 5.21. The lowest BCUT2D eigenvalue weighted by atomic mass is 10.0. The number of hydrogen-bond acceptors (Lipinski definition) is 5. The Hall–Kier alpha value is -2.83. The topological polar surface area (TPSA) is 97.0 Å². The van der Waals surface area contributed by atoms with Gasteiger partial charge in [0.25, 0.3) is 5.91 Å². The predicted octanol–water partition coefficient (Wildman–Crippen LogP) is 2.51. The van der Waals surface area contributed by atoms with E-state index in [4.69, 9.17) is 9.15 Å². The first kappa shape index (κ1) is 18.9. The van der Waals surface area contributed by atoms with Crippen LogP contribution in [0, 0.1) is 6.92 Å². The number of carbonyl (C=O) groups excluding carboxylic acids is 1. The summed E-state index contributed by atoms with van der Waals surface area (Å²) in [5, 5.41) is 10.1. The van der Waals surface area contributed by atoms with Crippen LogP contribution in [0.2, 0.25) is 0 Å². The molecular formula is C20H23NO6. The van der Waals surface area contributed by atoms with E-state index in [9.17, 15) is 19.5 Å². The van der Waals surface area contributed by atoms with Crippen molar-refractivity contribution in [2.24, 2.45) is 0 Å². The first-order valence-electron chi connectivity index (χ1n) is 9.09. The third kappa shape index (κ3) is 3.54. The normalized spacial score (nSPS) is 17.9. The summed E-state index contributed by atoms with van der Waals surface area (Å²) < 4.78 is 11.2. The number of aryl methyl sites for hydroxylation is 2. The highest BCUT2D eigenvalue weighted by molar-refractivity contribution is 5.88. The van der Waals surface area contributed by atoms with Gasteiger partial charge in [0.2, 0.25) is 0 Å². The third-order valence-electron chi connectivity index (χ3n) is 5.05. The fourth-order valence-electron chi connectivity index (χ4n) is 3.59. The van der Waals surface area contributed by atoms with E-state index in [2.05, 4.69) is 0 Å². The number of rotatable bonds is 5. The number of aliphatic carboxylic acids is 1. The predicted molar refractivity (Wildman–Crippen MR) is 99.1 cm³/mol. The quantitative estimate of drug-likeness (QED) is 0.809. The smallest absolute Gasteiger partial charge is 0.336 e. The van der Waals surface area contributed by atoms with Crippen molar-refractivity contribution < 1.29 is 23.8 Å². The lowest BCUT2D eigenvalue weighted by Gasteiger charge is -2.25. The van der Waals surface area contributed by atoms with E-state index in [1.54, 1.807) is 19.9 Å². The molecule has 2 heterocycles.